The van der Waals surface area contributed by atoms with E-state index in [0.29, 0.717) is 6.04 Å². The molecule has 0 spiro atoms. The minimum absolute atomic E-state index is 0.679. The lowest BCUT2D eigenvalue weighted by molar-refractivity contribution is 0.304. The zero-order chi connectivity index (χ0) is 11.3. The van der Waals surface area contributed by atoms with Gasteiger partial charge in [0, 0.05) is 12.6 Å². The van der Waals surface area contributed by atoms with E-state index >= 15 is 0 Å². The number of nitrogens with zero attached hydrogens (tertiary/aromatic N) is 1. The van der Waals surface area contributed by atoms with E-state index in [0.717, 1.165) is 11.8 Å². The molecule has 1 aliphatic rings. The molecule has 2 heteroatoms. The van der Waals surface area contributed by atoms with Gasteiger partial charge in [-0.25, -0.2) is 0 Å². The van der Waals surface area contributed by atoms with Crippen LogP contribution in [0.15, 0.2) is 0 Å². The third-order valence-electron chi connectivity index (χ3n) is 3.74. The zero-order valence-electron chi connectivity index (χ0n) is 10.9. The topological polar surface area (TPSA) is 15.3 Å². The van der Waals surface area contributed by atoms with E-state index in [1.165, 1.54) is 38.8 Å². The van der Waals surface area contributed by atoms with E-state index in [4.69, 9.17) is 0 Å². The Morgan fingerprint density at radius 2 is 2.07 bits per heavy atom. The summed E-state index contributed by atoms with van der Waals surface area (Å²) in [5.74, 6) is 2.00. The molecule has 1 aliphatic carbocycles. The van der Waals surface area contributed by atoms with Crippen molar-refractivity contribution in [2.45, 2.75) is 45.6 Å². The van der Waals surface area contributed by atoms with Crippen molar-refractivity contribution in [2.24, 2.45) is 11.8 Å². The highest BCUT2D eigenvalue weighted by molar-refractivity contribution is 4.84. The normalized spacial score (nSPS) is 27.0. The summed E-state index contributed by atoms with van der Waals surface area (Å²) in [5.41, 5.74) is 0. The Hall–Kier alpha value is -0.0800. The van der Waals surface area contributed by atoms with Gasteiger partial charge in [0.2, 0.25) is 0 Å². The van der Waals surface area contributed by atoms with Gasteiger partial charge in [-0.2, -0.15) is 0 Å². The van der Waals surface area contributed by atoms with Crippen molar-refractivity contribution in [3.63, 3.8) is 0 Å². The number of unbranched alkanes of at least 4 members (excludes halogenated alkanes) is 1. The van der Waals surface area contributed by atoms with Crippen LogP contribution in [-0.2, 0) is 0 Å². The van der Waals surface area contributed by atoms with Gasteiger partial charge < -0.3 is 10.2 Å². The molecule has 90 valence electrons. The fourth-order valence-corrected chi connectivity index (χ4v) is 2.12. The second kappa shape index (κ2) is 6.49. The summed E-state index contributed by atoms with van der Waals surface area (Å²) in [6.45, 7) is 7.23. The van der Waals surface area contributed by atoms with Gasteiger partial charge in [0.25, 0.3) is 0 Å². The van der Waals surface area contributed by atoms with Crippen molar-refractivity contribution in [1.82, 2.24) is 10.2 Å². The molecule has 1 fully saturated rings. The third kappa shape index (κ3) is 5.53. The Morgan fingerprint density at radius 3 is 2.60 bits per heavy atom. The van der Waals surface area contributed by atoms with Crippen LogP contribution in [0.25, 0.3) is 0 Å². The van der Waals surface area contributed by atoms with E-state index in [-0.39, 0.29) is 0 Å². The van der Waals surface area contributed by atoms with E-state index < -0.39 is 0 Å². The van der Waals surface area contributed by atoms with Gasteiger partial charge in [-0.1, -0.05) is 13.3 Å². The summed E-state index contributed by atoms with van der Waals surface area (Å²) in [4.78, 5) is 2.51. The van der Waals surface area contributed by atoms with Crippen molar-refractivity contribution < 1.29 is 0 Å². The molecule has 0 radical (unpaired) electrons. The van der Waals surface area contributed by atoms with Gasteiger partial charge in [0.1, 0.15) is 0 Å². The van der Waals surface area contributed by atoms with Crippen molar-refractivity contribution in [3.05, 3.63) is 0 Å². The van der Waals surface area contributed by atoms with Crippen LogP contribution in [0.4, 0.5) is 0 Å². The van der Waals surface area contributed by atoms with Gasteiger partial charge in [-0.3, -0.25) is 0 Å². The molecule has 15 heavy (non-hydrogen) atoms. The maximum atomic E-state index is 3.29. The Labute approximate surface area is 95.4 Å². The van der Waals surface area contributed by atoms with E-state index in [2.05, 4.69) is 31.1 Å². The number of rotatable bonds is 8. The molecule has 0 bridgehead atoms. The highest BCUT2D eigenvalue weighted by atomic mass is 15.1. The van der Waals surface area contributed by atoms with Crippen molar-refractivity contribution in [2.75, 3.05) is 27.2 Å². The van der Waals surface area contributed by atoms with E-state index in [1.54, 1.807) is 0 Å². The smallest absolute Gasteiger partial charge is 0.00357 e. The first-order chi connectivity index (χ1) is 7.13. The molecule has 0 amide bonds. The monoisotopic (exact) mass is 212 g/mol. The van der Waals surface area contributed by atoms with Gasteiger partial charge in [-0.05, 0) is 58.7 Å². The van der Waals surface area contributed by atoms with Crippen LogP contribution in [0.2, 0.25) is 0 Å². The molecular weight excluding hydrogens is 184 g/mol. The predicted octanol–water partition coefficient (Wildman–Crippen LogP) is 2.35. The second-order valence-corrected chi connectivity index (χ2v) is 5.42. The first-order valence-corrected chi connectivity index (χ1v) is 6.49. The van der Waals surface area contributed by atoms with Gasteiger partial charge >= 0.3 is 0 Å². The Kier molecular flexibility index (Phi) is 5.62. The molecule has 1 rings (SSSR count). The number of hydrogen-bond donors (Lipinski definition) is 1. The summed E-state index contributed by atoms with van der Waals surface area (Å²) in [7, 11) is 4.32. The lowest BCUT2D eigenvalue weighted by Gasteiger charge is -2.17. The SMILES string of the molecule is CNC(C)CCCCN(C)CC1CC1C. The molecule has 3 atom stereocenters. The standard InChI is InChI=1S/C13H28N2/c1-11-9-13(11)10-15(4)8-6-5-7-12(2)14-3/h11-14H,5-10H2,1-4H3. The maximum absolute atomic E-state index is 3.29. The van der Waals surface area contributed by atoms with Crippen LogP contribution in [0.3, 0.4) is 0 Å². The summed E-state index contributed by atoms with van der Waals surface area (Å²) >= 11 is 0. The molecule has 1 N–H and O–H groups in total. The molecular formula is C13H28N2. The average Bonchev–Trinajstić information content (AvgIpc) is 2.88. The Balaban J connectivity index is 1.90. The largest absolute Gasteiger partial charge is 0.317 e. The van der Waals surface area contributed by atoms with Gasteiger partial charge in [-0.15, -0.1) is 0 Å². The van der Waals surface area contributed by atoms with Crippen LogP contribution < -0.4 is 5.32 Å². The summed E-state index contributed by atoms with van der Waals surface area (Å²) in [6.07, 6.45) is 5.47. The summed E-state index contributed by atoms with van der Waals surface area (Å²) in [5, 5.41) is 3.29. The highest BCUT2D eigenvalue weighted by Crippen LogP contribution is 2.37. The molecule has 0 aliphatic heterocycles. The second-order valence-electron chi connectivity index (χ2n) is 5.42. The molecule has 0 saturated heterocycles. The van der Waals surface area contributed by atoms with Crippen LogP contribution in [0.5, 0.6) is 0 Å². The molecule has 1 saturated carbocycles. The fourth-order valence-electron chi connectivity index (χ4n) is 2.12. The van der Waals surface area contributed by atoms with Gasteiger partial charge in [0.15, 0.2) is 0 Å². The summed E-state index contributed by atoms with van der Waals surface area (Å²) < 4.78 is 0. The van der Waals surface area contributed by atoms with Gasteiger partial charge in [0.05, 0.1) is 0 Å². The number of hydrogen-bond acceptors (Lipinski definition) is 2. The molecule has 3 unspecified atom stereocenters. The van der Waals surface area contributed by atoms with Crippen LogP contribution in [-0.4, -0.2) is 38.1 Å². The quantitative estimate of drug-likeness (QED) is 0.621. The lowest BCUT2D eigenvalue weighted by atomic mass is 10.1. The Bertz CT molecular complexity index is 170. The Morgan fingerprint density at radius 1 is 1.40 bits per heavy atom. The zero-order valence-corrected chi connectivity index (χ0v) is 10.9. The highest BCUT2D eigenvalue weighted by Gasteiger charge is 2.32. The first-order valence-electron chi connectivity index (χ1n) is 6.49. The predicted molar refractivity (Wildman–Crippen MR) is 67.1 cm³/mol. The molecule has 0 aromatic heterocycles. The van der Waals surface area contributed by atoms with E-state index in [9.17, 15) is 0 Å². The van der Waals surface area contributed by atoms with Crippen LogP contribution >= 0.6 is 0 Å². The van der Waals surface area contributed by atoms with Crippen molar-refractivity contribution in [3.8, 4) is 0 Å². The molecule has 0 heterocycles. The first kappa shape index (κ1) is 13.0. The molecule has 0 aromatic rings. The number of nitrogens with one attached hydrogen (secondary N) is 1. The molecule has 0 aromatic carbocycles. The minimum Gasteiger partial charge on any atom is -0.317 e. The van der Waals surface area contributed by atoms with E-state index in [1.807, 2.05) is 7.05 Å². The minimum atomic E-state index is 0.679. The molecule has 2 nitrogen and oxygen atoms in total. The lowest BCUT2D eigenvalue weighted by Crippen LogP contribution is -2.24. The van der Waals surface area contributed by atoms with Crippen LogP contribution in [0, 0.1) is 11.8 Å². The van der Waals surface area contributed by atoms with Crippen LogP contribution in [0.1, 0.15) is 39.5 Å². The maximum Gasteiger partial charge on any atom is 0.00357 e. The summed E-state index contributed by atoms with van der Waals surface area (Å²) in [6, 6.07) is 0.679. The third-order valence-corrected chi connectivity index (χ3v) is 3.74. The fraction of sp³-hybridized carbons (Fsp3) is 1.00. The van der Waals surface area contributed by atoms with Crippen molar-refractivity contribution in [1.29, 1.82) is 0 Å². The average molecular weight is 212 g/mol. The van der Waals surface area contributed by atoms with Crippen molar-refractivity contribution >= 4 is 0 Å².